The molecule has 76 valence electrons. The molecule has 0 aromatic rings. The first kappa shape index (κ1) is 11.0. The van der Waals surface area contributed by atoms with Crippen LogP contribution in [0.3, 0.4) is 0 Å². The molecule has 1 amide bonds. The predicted octanol–water partition coefficient (Wildman–Crippen LogP) is 0.934. The first-order valence-electron chi connectivity index (χ1n) is 4.69. The topological polar surface area (TPSA) is 23.6 Å². The van der Waals surface area contributed by atoms with E-state index in [2.05, 4.69) is 34.9 Å². The summed E-state index contributed by atoms with van der Waals surface area (Å²) in [6.07, 6.45) is 2.03. The Morgan fingerprint density at radius 2 is 2.31 bits per heavy atom. The summed E-state index contributed by atoms with van der Waals surface area (Å²) in [6, 6.07) is 0. The third kappa shape index (κ3) is 3.27. The van der Waals surface area contributed by atoms with Crippen LogP contribution in [0.15, 0.2) is 0 Å². The van der Waals surface area contributed by atoms with Gasteiger partial charge in [-0.3, -0.25) is 4.79 Å². The van der Waals surface area contributed by atoms with Crippen LogP contribution in [0.1, 0.15) is 12.8 Å². The Morgan fingerprint density at radius 1 is 1.62 bits per heavy atom. The van der Waals surface area contributed by atoms with Crippen LogP contribution in [0.4, 0.5) is 0 Å². The monoisotopic (exact) mass is 248 g/mol. The van der Waals surface area contributed by atoms with Gasteiger partial charge in [-0.15, -0.1) is 0 Å². The van der Waals surface area contributed by atoms with E-state index in [1.807, 2.05) is 4.90 Å². The van der Waals surface area contributed by atoms with E-state index >= 15 is 0 Å². The molecule has 1 rings (SSSR count). The lowest BCUT2D eigenvalue weighted by Crippen LogP contribution is -2.30. The molecular formula is C9H17BrN2O. The minimum atomic E-state index is 0.0758. The van der Waals surface area contributed by atoms with E-state index in [9.17, 15) is 4.79 Å². The number of hydrogen-bond donors (Lipinski definition) is 0. The van der Waals surface area contributed by atoms with Crippen molar-refractivity contribution in [3.05, 3.63) is 0 Å². The van der Waals surface area contributed by atoms with Crippen LogP contribution >= 0.6 is 15.9 Å². The van der Waals surface area contributed by atoms with Crippen LogP contribution in [-0.2, 0) is 4.79 Å². The molecule has 0 bridgehead atoms. The van der Waals surface area contributed by atoms with Crippen LogP contribution < -0.4 is 0 Å². The Balaban J connectivity index is 2.19. The molecule has 0 saturated carbocycles. The highest BCUT2D eigenvalue weighted by atomic mass is 79.9. The number of hydrogen-bond acceptors (Lipinski definition) is 2. The van der Waals surface area contributed by atoms with Crippen molar-refractivity contribution < 1.29 is 4.79 Å². The van der Waals surface area contributed by atoms with Crippen LogP contribution in [0, 0.1) is 0 Å². The van der Waals surface area contributed by atoms with Gasteiger partial charge in [-0.25, -0.2) is 0 Å². The van der Waals surface area contributed by atoms with Crippen LogP contribution in [-0.4, -0.2) is 54.3 Å². The minimum absolute atomic E-state index is 0.0758. The fourth-order valence-corrected chi connectivity index (χ4v) is 2.00. The number of amides is 1. The fraction of sp³-hybridized carbons (Fsp3) is 0.889. The Labute approximate surface area is 88.2 Å². The maximum Gasteiger partial charge on any atom is 0.236 e. The van der Waals surface area contributed by atoms with E-state index in [1.165, 1.54) is 0 Å². The standard InChI is InChI=1S/C9H17BrN2O/c1-11(2)5-3-6-12-7-4-8(10)9(12)13/h8H,3-7H2,1-2H3. The molecule has 0 radical (unpaired) electrons. The van der Waals surface area contributed by atoms with E-state index in [0.717, 1.165) is 32.5 Å². The maximum absolute atomic E-state index is 11.4. The third-order valence-electron chi connectivity index (χ3n) is 2.27. The Kier molecular flexibility index (Phi) is 4.19. The molecule has 0 aromatic carbocycles. The van der Waals surface area contributed by atoms with Gasteiger partial charge < -0.3 is 9.80 Å². The molecule has 0 spiro atoms. The van der Waals surface area contributed by atoms with Gasteiger partial charge in [-0.05, 0) is 33.5 Å². The van der Waals surface area contributed by atoms with Crippen molar-refractivity contribution >= 4 is 21.8 Å². The normalized spacial score (nSPS) is 23.2. The summed E-state index contributed by atoms with van der Waals surface area (Å²) in [5, 5.41) is 0. The average Bonchev–Trinajstić information content (AvgIpc) is 2.35. The lowest BCUT2D eigenvalue weighted by Gasteiger charge is -2.17. The SMILES string of the molecule is CN(C)CCCN1CCC(Br)C1=O. The second kappa shape index (κ2) is 4.96. The van der Waals surface area contributed by atoms with Gasteiger partial charge in [-0.2, -0.15) is 0 Å². The number of nitrogens with zero attached hydrogens (tertiary/aromatic N) is 2. The molecular weight excluding hydrogens is 232 g/mol. The highest BCUT2D eigenvalue weighted by molar-refractivity contribution is 9.10. The summed E-state index contributed by atoms with van der Waals surface area (Å²) >= 11 is 3.36. The maximum atomic E-state index is 11.4. The van der Waals surface area contributed by atoms with Gasteiger partial charge >= 0.3 is 0 Å². The van der Waals surface area contributed by atoms with Crippen molar-refractivity contribution in [1.82, 2.24) is 9.80 Å². The van der Waals surface area contributed by atoms with Gasteiger partial charge in [0.25, 0.3) is 0 Å². The zero-order valence-electron chi connectivity index (χ0n) is 8.29. The van der Waals surface area contributed by atoms with Crippen molar-refractivity contribution in [2.45, 2.75) is 17.7 Å². The van der Waals surface area contributed by atoms with E-state index in [0.29, 0.717) is 0 Å². The van der Waals surface area contributed by atoms with Crippen molar-refractivity contribution in [3.63, 3.8) is 0 Å². The lowest BCUT2D eigenvalue weighted by atomic mass is 10.4. The van der Waals surface area contributed by atoms with E-state index < -0.39 is 0 Å². The van der Waals surface area contributed by atoms with Gasteiger partial charge in [-0.1, -0.05) is 15.9 Å². The van der Waals surface area contributed by atoms with Crippen LogP contribution in [0.25, 0.3) is 0 Å². The number of carbonyl (C=O) groups is 1. The molecule has 1 fully saturated rings. The summed E-state index contributed by atoms with van der Waals surface area (Å²) in [7, 11) is 4.11. The Morgan fingerprint density at radius 3 is 2.77 bits per heavy atom. The highest BCUT2D eigenvalue weighted by Gasteiger charge is 2.28. The van der Waals surface area contributed by atoms with E-state index in [4.69, 9.17) is 0 Å². The van der Waals surface area contributed by atoms with Gasteiger partial charge in [0.1, 0.15) is 0 Å². The molecule has 1 aliphatic heterocycles. The molecule has 1 atom stereocenters. The number of halogens is 1. The largest absolute Gasteiger partial charge is 0.342 e. The lowest BCUT2D eigenvalue weighted by molar-refractivity contribution is -0.127. The van der Waals surface area contributed by atoms with E-state index in [-0.39, 0.29) is 10.7 Å². The number of carbonyl (C=O) groups excluding carboxylic acids is 1. The molecule has 1 unspecified atom stereocenters. The summed E-state index contributed by atoms with van der Waals surface area (Å²) < 4.78 is 0. The fourth-order valence-electron chi connectivity index (χ4n) is 1.50. The van der Waals surface area contributed by atoms with Crippen molar-refractivity contribution in [3.8, 4) is 0 Å². The predicted molar refractivity (Wildman–Crippen MR) is 57.1 cm³/mol. The van der Waals surface area contributed by atoms with Gasteiger partial charge in [0.2, 0.25) is 5.91 Å². The zero-order chi connectivity index (χ0) is 9.84. The number of likely N-dealkylation sites (tertiary alicyclic amines) is 1. The summed E-state index contributed by atoms with van der Waals surface area (Å²) in [4.78, 5) is 15.6. The first-order chi connectivity index (χ1) is 6.11. The smallest absolute Gasteiger partial charge is 0.236 e. The zero-order valence-corrected chi connectivity index (χ0v) is 9.88. The van der Waals surface area contributed by atoms with Crippen molar-refractivity contribution in [1.29, 1.82) is 0 Å². The van der Waals surface area contributed by atoms with Crippen LogP contribution in [0.5, 0.6) is 0 Å². The average molecular weight is 249 g/mol. The molecule has 1 aliphatic rings. The molecule has 1 saturated heterocycles. The second-order valence-electron chi connectivity index (χ2n) is 3.74. The summed E-state index contributed by atoms with van der Waals surface area (Å²) in [5.41, 5.74) is 0. The highest BCUT2D eigenvalue weighted by Crippen LogP contribution is 2.18. The molecule has 13 heavy (non-hydrogen) atoms. The molecule has 0 aromatic heterocycles. The summed E-state index contributed by atoms with van der Waals surface area (Å²) in [6.45, 7) is 2.87. The molecule has 1 heterocycles. The Bertz CT molecular complexity index is 184. The first-order valence-corrected chi connectivity index (χ1v) is 5.60. The number of alkyl halides is 1. The molecule has 4 heteroatoms. The van der Waals surface area contributed by atoms with Crippen molar-refractivity contribution in [2.24, 2.45) is 0 Å². The van der Waals surface area contributed by atoms with Crippen LogP contribution in [0.2, 0.25) is 0 Å². The van der Waals surface area contributed by atoms with E-state index in [1.54, 1.807) is 0 Å². The van der Waals surface area contributed by atoms with Gasteiger partial charge in [0, 0.05) is 13.1 Å². The Hall–Kier alpha value is -0.0900. The third-order valence-corrected chi connectivity index (χ3v) is 3.11. The van der Waals surface area contributed by atoms with Gasteiger partial charge in [0.15, 0.2) is 0 Å². The summed E-state index contributed by atoms with van der Waals surface area (Å²) in [5.74, 6) is 0.263. The second-order valence-corrected chi connectivity index (χ2v) is 4.84. The molecule has 0 aliphatic carbocycles. The number of rotatable bonds is 4. The quantitative estimate of drug-likeness (QED) is 0.692. The van der Waals surface area contributed by atoms with Crippen molar-refractivity contribution in [2.75, 3.05) is 33.7 Å². The minimum Gasteiger partial charge on any atom is -0.342 e. The van der Waals surface area contributed by atoms with Gasteiger partial charge in [0.05, 0.1) is 4.83 Å². The molecule has 0 N–H and O–H groups in total. The molecule has 3 nitrogen and oxygen atoms in total.